The summed E-state index contributed by atoms with van der Waals surface area (Å²) in [5.41, 5.74) is 2.18. The van der Waals surface area contributed by atoms with Crippen LogP contribution in [0.15, 0.2) is 42.6 Å². The molecule has 1 aromatic heterocycles. The molecule has 1 aliphatic heterocycles. The summed E-state index contributed by atoms with van der Waals surface area (Å²) < 4.78 is 0. The second-order valence-electron chi connectivity index (χ2n) is 7.12. The summed E-state index contributed by atoms with van der Waals surface area (Å²) in [4.78, 5) is 18.8. The number of nitrogens with one attached hydrogen (secondary N) is 1. The third kappa shape index (κ3) is 2.99. The first kappa shape index (κ1) is 16.4. The first-order valence-corrected chi connectivity index (χ1v) is 9.21. The number of rotatable bonds is 3. The van der Waals surface area contributed by atoms with Crippen LogP contribution in [0.25, 0.3) is 0 Å². The molecule has 1 saturated carbocycles. The first-order valence-electron chi connectivity index (χ1n) is 8.83. The fourth-order valence-electron chi connectivity index (χ4n) is 4.13. The average molecular weight is 356 g/mol. The van der Waals surface area contributed by atoms with Crippen molar-refractivity contribution in [2.24, 2.45) is 11.8 Å². The van der Waals surface area contributed by atoms with Crippen LogP contribution < -0.4 is 10.2 Å². The Kier molecular flexibility index (Phi) is 4.16. The number of para-hydroxylation sites is 1. The summed E-state index contributed by atoms with van der Waals surface area (Å²) in [5, 5.41) is 4.20. The highest BCUT2D eigenvalue weighted by Crippen LogP contribution is 2.49. The van der Waals surface area contributed by atoms with Crippen molar-refractivity contribution >= 4 is 29.0 Å². The highest BCUT2D eigenvalue weighted by Gasteiger charge is 2.47. The van der Waals surface area contributed by atoms with Crippen molar-refractivity contribution in [3.63, 3.8) is 0 Å². The molecule has 130 valence electrons. The maximum atomic E-state index is 12.4. The minimum Gasteiger partial charge on any atom is -0.363 e. The number of carbonyl (C=O) groups excluding carboxylic acids is 1. The van der Waals surface area contributed by atoms with Gasteiger partial charge in [0.1, 0.15) is 5.82 Å². The minimum atomic E-state index is 0.117. The number of benzene rings is 1. The third-order valence-electron chi connectivity index (χ3n) is 5.37. The van der Waals surface area contributed by atoms with E-state index in [1.54, 1.807) is 13.1 Å². The Labute approximate surface area is 153 Å². The Bertz CT molecular complexity index is 788. The fourth-order valence-corrected chi connectivity index (χ4v) is 4.24. The van der Waals surface area contributed by atoms with E-state index in [2.05, 4.69) is 29.4 Å². The SMILES string of the molecule is CC(=O)N1c2ccccc2C(Nc2ccc(Cl)cn2)[C@@H](C)C1C1CC1. The number of halogens is 1. The third-order valence-corrected chi connectivity index (χ3v) is 5.59. The van der Waals surface area contributed by atoms with E-state index < -0.39 is 0 Å². The predicted octanol–water partition coefficient (Wildman–Crippen LogP) is 4.67. The van der Waals surface area contributed by atoms with Crippen LogP contribution in [-0.4, -0.2) is 16.9 Å². The van der Waals surface area contributed by atoms with Crippen LogP contribution in [-0.2, 0) is 4.79 Å². The summed E-state index contributed by atoms with van der Waals surface area (Å²) in [6.45, 7) is 3.91. The summed E-state index contributed by atoms with van der Waals surface area (Å²) >= 11 is 5.96. The molecule has 1 amide bonds. The Hall–Kier alpha value is -2.07. The van der Waals surface area contributed by atoms with Gasteiger partial charge in [-0.2, -0.15) is 0 Å². The normalized spacial score (nSPS) is 25.4. The topological polar surface area (TPSA) is 45.2 Å². The molecule has 0 bridgehead atoms. The molecular weight excluding hydrogens is 334 g/mol. The zero-order valence-corrected chi connectivity index (χ0v) is 15.2. The number of anilines is 2. The van der Waals surface area contributed by atoms with Crippen LogP contribution >= 0.6 is 11.6 Å². The number of hydrogen-bond donors (Lipinski definition) is 1. The Balaban J connectivity index is 1.76. The maximum absolute atomic E-state index is 12.4. The van der Waals surface area contributed by atoms with Gasteiger partial charge in [0.25, 0.3) is 0 Å². The summed E-state index contributed by atoms with van der Waals surface area (Å²) in [5.74, 6) is 1.82. The summed E-state index contributed by atoms with van der Waals surface area (Å²) in [6.07, 6.45) is 4.06. The molecule has 2 unspecified atom stereocenters. The second kappa shape index (κ2) is 6.34. The van der Waals surface area contributed by atoms with Crippen LogP contribution in [0, 0.1) is 11.8 Å². The van der Waals surface area contributed by atoms with Crippen molar-refractivity contribution < 1.29 is 4.79 Å². The van der Waals surface area contributed by atoms with Gasteiger partial charge in [-0.05, 0) is 42.5 Å². The molecule has 0 radical (unpaired) electrons. The predicted molar refractivity (Wildman–Crippen MR) is 101 cm³/mol. The van der Waals surface area contributed by atoms with Gasteiger partial charge in [0.05, 0.1) is 11.1 Å². The van der Waals surface area contributed by atoms with Gasteiger partial charge in [-0.15, -0.1) is 0 Å². The van der Waals surface area contributed by atoms with Crippen LogP contribution in [0.2, 0.25) is 5.02 Å². The summed E-state index contributed by atoms with van der Waals surface area (Å²) in [6, 6.07) is 12.3. The van der Waals surface area contributed by atoms with Gasteiger partial charge in [0.15, 0.2) is 0 Å². The maximum Gasteiger partial charge on any atom is 0.224 e. The van der Waals surface area contributed by atoms with E-state index in [0.29, 0.717) is 16.9 Å². The number of pyridine rings is 1. The molecule has 25 heavy (non-hydrogen) atoms. The lowest BCUT2D eigenvalue weighted by Gasteiger charge is -2.45. The van der Waals surface area contributed by atoms with Gasteiger partial charge < -0.3 is 10.2 Å². The molecule has 1 aliphatic carbocycles. The monoisotopic (exact) mass is 355 g/mol. The lowest BCUT2D eigenvalue weighted by Crippen LogP contribution is -2.51. The number of hydrogen-bond acceptors (Lipinski definition) is 3. The molecule has 5 heteroatoms. The van der Waals surface area contributed by atoms with Gasteiger partial charge in [-0.25, -0.2) is 4.98 Å². The standard InChI is InChI=1S/C20H22ClN3O/c1-12-19(23-18-10-9-15(21)11-22-18)16-5-3-4-6-17(16)24(13(2)25)20(12)14-7-8-14/h3-6,9-12,14,19-20H,7-8H2,1-2H3,(H,22,23)/t12-,19?,20?/m1/s1. The van der Waals surface area contributed by atoms with Crippen molar-refractivity contribution in [1.29, 1.82) is 0 Å². The molecule has 4 nitrogen and oxygen atoms in total. The van der Waals surface area contributed by atoms with Gasteiger partial charge in [0.2, 0.25) is 5.91 Å². The highest BCUT2D eigenvalue weighted by atomic mass is 35.5. The molecule has 2 aliphatic rings. The molecule has 0 saturated heterocycles. The van der Waals surface area contributed by atoms with E-state index in [1.165, 1.54) is 12.8 Å². The Morgan fingerprint density at radius 2 is 2.00 bits per heavy atom. The fraction of sp³-hybridized carbons (Fsp3) is 0.400. The highest BCUT2D eigenvalue weighted by molar-refractivity contribution is 6.30. The molecule has 1 N–H and O–H groups in total. The van der Waals surface area contributed by atoms with E-state index in [4.69, 9.17) is 11.6 Å². The summed E-state index contributed by atoms with van der Waals surface area (Å²) in [7, 11) is 0. The molecule has 2 aromatic rings. The number of fused-ring (bicyclic) bond motifs is 1. The zero-order valence-electron chi connectivity index (χ0n) is 14.4. The molecule has 2 heterocycles. The first-order chi connectivity index (χ1) is 12.1. The molecule has 0 spiro atoms. The van der Waals surface area contributed by atoms with E-state index >= 15 is 0 Å². The molecule has 1 aromatic carbocycles. The largest absolute Gasteiger partial charge is 0.363 e. The quantitative estimate of drug-likeness (QED) is 0.870. The lowest BCUT2D eigenvalue weighted by atomic mass is 9.80. The molecule has 3 atom stereocenters. The van der Waals surface area contributed by atoms with Gasteiger partial charge in [-0.3, -0.25) is 4.79 Å². The zero-order chi connectivity index (χ0) is 17.6. The number of nitrogens with zero attached hydrogens (tertiary/aromatic N) is 2. The average Bonchev–Trinajstić information content (AvgIpc) is 3.43. The Morgan fingerprint density at radius 3 is 2.64 bits per heavy atom. The molecular formula is C20H22ClN3O. The number of amides is 1. The Morgan fingerprint density at radius 1 is 1.24 bits per heavy atom. The van der Waals surface area contributed by atoms with Crippen LogP contribution in [0.1, 0.15) is 38.3 Å². The van der Waals surface area contributed by atoms with Crippen LogP contribution in [0.4, 0.5) is 11.5 Å². The van der Waals surface area contributed by atoms with Crippen molar-refractivity contribution in [2.75, 3.05) is 10.2 Å². The van der Waals surface area contributed by atoms with Crippen molar-refractivity contribution in [3.8, 4) is 0 Å². The van der Waals surface area contributed by atoms with E-state index in [0.717, 1.165) is 17.1 Å². The van der Waals surface area contributed by atoms with E-state index in [-0.39, 0.29) is 18.0 Å². The smallest absolute Gasteiger partial charge is 0.224 e. The van der Waals surface area contributed by atoms with Crippen LogP contribution in [0.5, 0.6) is 0 Å². The van der Waals surface area contributed by atoms with E-state index in [9.17, 15) is 4.79 Å². The molecule has 1 fully saturated rings. The number of aromatic nitrogens is 1. The van der Waals surface area contributed by atoms with Crippen LogP contribution in [0.3, 0.4) is 0 Å². The molecule has 4 rings (SSSR count). The van der Waals surface area contributed by atoms with Crippen molar-refractivity contribution in [1.82, 2.24) is 4.98 Å². The number of carbonyl (C=O) groups is 1. The van der Waals surface area contributed by atoms with Crippen molar-refractivity contribution in [3.05, 3.63) is 53.2 Å². The van der Waals surface area contributed by atoms with Gasteiger partial charge >= 0.3 is 0 Å². The van der Waals surface area contributed by atoms with Gasteiger partial charge in [-0.1, -0.05) is 36.7 Å². The lowest BCUT2D eigenvalue weighted by molar-refractivity contribution is -0.117. The minimum absolute atomic E-state index is 0.117. The van der Waals surface area contributed by atoms with Gasteiger partial charge in [0, 0.05) is 30.8 Å². The van der Waals surface area contributed by atoms with Crippen molar-refractivity contribution in [2.45, 2.75) is 38.8 Å². The second-order valence-corrected chi connectivity index (χ2v) is 7.56. The van der Waals surface area contributed by atoms with E-state index in [1.807, 2.05) is 29.2 Å².